The first-order valence-electron chi connectivity index (χ1n) is 4.87. The third kappa shape index (κ3) is 9.30. The molecule has 0 saturated heterocycles. The molecule has 0 bridgehead atoms. The van der Waals surface area contributed by atoms with E-state index in [1.807, 2.05) is 0 Å². The van der Waals surface area contributed by atoms with Gasteiger partial charge in [0, 0.05) is 25.6 Å². The van der Waals surface area contributed by atoms with Crippen LogP contribution in [0.3, 0.4) is 0 Å². The summed E-state index contributed by atoms with van der Waals surface area (Å²) in [7, 11) is 0. The van der Waals surface area contributed by atoms with Crippen molar-refractivity contribution in [2.75, 3.05) is 19.6 Å². The molecule has 0 aliphatic heterocycles. The van der Waals surface area contributed by atoms with Crippen LogP contribution in [0.1, 0.15) is 26.7 Å². The zero-order valence-electron chi connectivity index (χ0n) is 8.60. The third-order valence-electron chi connectivity index (χ3n) is 1.61. The van der Waals surface area contributed by atoms with E-state index in [-0.39, 0.29) is 5.91 Å². The lowest BCUT2D eigenvalue weighted by Crippen LogP contribution is -2.31. The van der Waals surface area contributed by atoms with Gasteiger partial charge in [-0.3, -0.25) is 4.79 Å². The number of nitrogens with two attached hydrogens (primary N) is 1. The standard InChI is InChI=1S/C9H21N3O/c1-8(2)11-7-4-9(13)12-6-3-5-10/h8,11H,3-7,10H2,1-2H3,(H,12,13). The van der Waals surface area contributed by atoms with Crippen LogP contribution in [0.4, 0.5) is 0 Å². The summed E-state index contributed by atoms with van der Waals surface area (Å²) >= 11 is 0. The SMILES string of the molecule is CC(C)NCCC(=O)NCCCN. The second-order valence-electron chi connectivity index (χ2n) is 3.35. The second kappa shape index (κ2) is 8.01. The summed E-state index contributed by atoms with van der Waals surface area (Å²) < 4.78 is 0. The molecule has 0 spiro atoms. The molecule has 0 aromatic heterocycles. The van der Waals surface area contributed by atoms with Crippen molar-refractivity contribution in [3.63, 3.8) is 0 Å². The molecule has 0 saturated carbocycles. The molecule has 0 fully saturated rings. The fourth-order valence-corrected chi connectivity index (χ4v) is 0.893. The molecule has 13 heavy (non-hydrogen) atoms. The number of nitrogens with one attached hydrogen (secondary N) is 2. The number of hydrogen-bond acceptors (Lipinski definition) is 3. The lowest BCUT2D eigenvalue weighted by molar-refractivity contribution is -0.121. The molecule has 0 heterocycles. The number of carbonyl (C=O) groups excluding carboxylic acids is 1. The average molecular weight is 187 g/mol. The van der Waals surface area contributed by atoms with Crippen LogP contribution in [0.25, 0.3) is 0 Å². The highest BCUT2D eigenvalue weighted by Crippen LogP contribution is 1.81. The Kier molecular flexibility index (Phi) is 7.63. The molecule has 4 heteroatoms. The zero-order chi connectivity index (χ0) is 10.1. The van der Waals surface area contributed by atoms with E-state index in [1.54, 1.807) is 0 Å². The van der Waals surface area contributed by atoms with E-state index in [4.69, 9.17) is 5.73 Å². The molecule has 0 atom stereocenters. The van der Waals surface area contributed by atoms with Gasteiger partial charge in [-0.05, 0) is 13.0 Å². The maximum absolute atomic E-state index is 11.1. The van der Waals surface area contributed by atoms with Gasteiger partial charge in [-0.1, -0.05) is 13.8 Å². The van der Waals surface area contributed by atoms with Gasteiger partial charge in [0.1, 0.15) is 0 Å². The highest BCUT2D eigenvalue weighted by atomic mass is 16.1. The van der Waals surface area contributed by atoms with E-state index in [9.17, 15) is 4.79 Å². The topological polar surface area (TPSA) is 67.2 Å². The second-order valence-corrected chi connectivity index (χ2v) is 3.35. The Balaban J connectivity index is 3.20. The predicted molar refractivity (Wildman–Crippen MR) is 54.4 cm³/mol. The first-order valence-corrected chi connectivity index (χ1v) is 4.87. The van der Waals surface area contributed by atoms with Gasteiger partial charge < -0.3 is 16.4 Å². The van der Waals surface area contributed by atoms with Crippen LogP contribution in [0.5, 0.6) is 0 Å². The van der Waals surface area contributed by atoms with E-state index in [2.05, 4.69) is 24.5 Å². The fraction of sp³-hybridized carbons (Fsp3) is 0.889. The Hall–Kier alpha value is -0.610. The first kappa shape index (κ1) is 12.4. The summed E-state index contributed by atoms with van der Waals surface area (Å²) in [4.78, 5) is 11.1. The Bertz CT molecular complexity index is 137. The molecule has 0 rings (SSSR count). The molecule has 0 aromatic rings. The summed E-state index contributed by atoms with van der Waals surface area (Å²) in [6.45, 7) is 6.19. The van der Waals surface area contributed by atoms with Crippen molar-refractivity contribution in [2.24, 2.45) is 5.73 Å². The monoisotopic (exact) mass is 187 g/mol. The van der Waals surface area contributed by atoms with Crippen molar-refractivity contribution in [3.8, 4) is 0 Å². The summed E-state index contributed by atoms with van der Waals surface area (Å²) in [5.74, 6) is 0.0987. The van der Waals surface area contributed by atoms with Crippen molar-refractivity contribution in [2.45, 2.75) is 32.7 Å². The molecule has 0 aliphatic rings. The lowest BCUT2D eigenvalue weighted by atomic mass is 10.3. The largest absolute Gasteiger partial charge is 0.356 e. The summed E-state index contributed by atoms with van der Waals surface area (Å²) in [5.41, 5.74) is 5.29. The number of amides is 1. The van der Waals surface area contributed by atoms with Gasteiger partial charge in [-0.15, -0.1) is 0 Å². The minimum atomic E-state index is 0.0987. The van der Waals surface area contributed by atoms with Crippen molar-refractivity contribution in [3.05, 3.63) is 0 Å². The van der Waals surface area contributed by atoms with E-state index < -0.39 is 0 Å². The highest BCUT2D eigenvalue weighted by molar-refractivity contribution is 5.75. The summed E-state index contributed by atoms with van der Waals surface area (Å²) in [6, 6.07) is 0.442. The van der Waals surface area contributed by atoms with Crippen LogP contribution in [-0.4, -0.2) is 31.6 Å². The van der Waals surface area contributed by atoms with Gasteiger partial charge in [0.15, 0.2) is 0 Å². The summed E-state index contributed by atoms with van der Waals surface area (Å²) in [5, 5.41) is 5.98. The quantitative estimate of drug-likeness (QED) is 0.485. The normalized spacial score (nSPS) is 10.5. The van der Waals surface area contributed by atoms with Gasteiger partial charge in [0.25, 0.3) is 0 Å². The number of rotatable bonds is 7. The lowest BCUT2D eigenvalue weighted by Gasteiger charge is -2.07. The van der Waals surface area contributed by atoms with E-state index in [0.717, 1.165) is 13.0 Å². The predicted octanol–water partition coefficient (Wildman–Crippen LogP) is -0.160. The maximum Gasteiger partial charge on any atom is 0.221 e. The van der Waals surface area contributed by atoms with Gasteiger partial charge in [0.2, 0.25) is 5.91 Å². The molecular formula is C9H21N3O. The molecule has 4 nitrogen and oxygen atoms in total. The molecule has 4 N–H and O–H groups in total. The molecule has 78 valence electrons. The van der Waals surface area contributed by atoms with Gasteiger partial charge in [-0.25, -0.2) is 0 Å². The van der Waals surface area contributed by atoms with Crippen molar-refractivity contribution in [1.82, 2.24) is 10.6 Å². The van der Waals surface area contributed by atoms with Crippen molar-refractivity contribution < 1.29 is 4.79 Å². The molecular weight excluding hydrogens is 166 g/mol. The summed E-state index contributed by atoms with van der Waals surface area (Å²) in [6.07, 6.45) is 1.39. The maximum atomic E-state index is 11.1. The molecule has 0 aliphatic carbocycles. The Morgan fingerprint density at radius 2 is 2.08 bits per heavy atom. The van der Waals surface area contributed by atoms with Crippen molar-refractivity contribution >= 4 is 5.91 Å². The van der Waals surface area contributed by atoms with E-state index in [1.165, 1.54) is 0 Å². The Labute approximate surface area is 80.3 Å². The molecule has 0 unspecified atom stereocenters. The highest BCUT2D eigenvalue weighted by Gasteiger charge is 1.99. The van der Waals surface area contributed by atoms with Crippen molar-refractivity contribution in [1.29, 1.82) is 0 Å². The van der Waals surface area contributed by atoms with Crippen LogP contribution >= 0.6 is 0 Å². The number of carbonyl (C=O) groups is 1. The smallest absolute Gasteiger partial charge is 0.221 e. The Morgan fingerprint density at radius 3 is 2.62 bits per heavy atom. The fourth-order valence-electron chi connectivity index (χ4n) is 0.893. The van der Waals surface area contributed by atoms with Crippen LogP contribution in [-0.2, 0) is 4.79 Å². The van der Waals surface area contributed by atoms with Crippen LogP contribution in [0.2, 0.25) is 0 Å². The van der Waals surface area contributed by atoms with Gasteiger partial charge >= 0.3 is 0 Å². The number of hydrogen-bond donors (Lipinski definition) is 3. The molecule has 1 amide bonds. The molecule has 0 radical (unpaired) electrons. The van der Waals surface area contributed by atoms with E-state index in [0.29, 0.717) is 25.6 Å². The Morgan fingerprint density at radius 1 is 1.38 bits per heavy atom. The van der Waals surface area contributed by atoms with Crippen LogP contribution in [0.15, 0.2) is 0 Å². The third-order valence-corrected chi connectivity index (χ3v) is 1.61. The minimum Gasteiger partial charge on any atom is -0.356 e. The van der Waals surface area contributed by atoms with E-state index >= 15 is 0 Å². The van der Waals surface area contributed by atoms with Gasteiger partial charge in [0.05, 0.1) is 0 Å². The first-order chi connectivity index (χ1) is 6.16. The van der Waals surface area contributed by atoms with Crippen LogP contribution < -0.4 is 16.4 Å². The minimum absolute atomic E-state index is 0.0987. The average Bonchev–Trinajstić information content (AvgIpc) is 2.04. The van der Waals surface area contributed by atoms with Gasteiger partial charge in [-0.2, -0.15) is 0 Å². The van der Waals surface area contributed by atoms with Crippen LogP contribution in [0, 0.1) is 0 Å². The zero-order valence-corrected chi connectivity index (χ0v) is 8.60. The molecule has 0 aromatic carbocycles.